The van der Waals surface area contributed by atoms with Gasteiger partial charge in [-0.25, -0.2) is 8.78 Å². The van der Waals surface area contributed by atoms with Gasteiger partial charge >= 0.3 is 0 Å². The van der Waals surface area contributed by atoms with Crippen LogP contribution in [0, 0.1) is 11.8 Å². The van der Waals surface area contributed by atoms with Crippen molar-refractivity contribution in [3.8, 4) is 0 Å². The van der Waals surface area contributed by atoms with Gasteiger partial charge in [0.15, 0.2) is 0 Å². The quantitative estimate of drug-likeness (QED) is 0.831. The summed E-state index contributed by atoms with van der Waals surface area (Å²) in [4.78, 5) is 12.6. The van der Waals surface area contributed by atoms with Crippen LogP contribution in [0.25, 0.3) is 0 Å². The molecule has 1 heterocycles. The summed E-state index contributed by atoms with van der Waals surface area (Å²) in [6, 6.07) is 7.71. The molecule has 132 valence electrons. The van der Waals surface area contributed by atoms with Gasteiger partial charge < -0.3 is 5.32 Å². The number of halogens is 2. The van der Waals surface area contributed by atoms with E-state index in [9.17, 15) is 13.6 Å². The monoisotopic (exact) mass is 345 g/mol. The molecular weight excluding hydrogens is 324 g/mol. The van der Waals surface area contributed by atoms with Crippen molar-refractivity contribution in [1.82, 2.24) is 9.78 Å². The summed E-state index contributed by atoms with van der Waals surface area (Å²) in [5.41, 5.74) is 1.33. The first-order valence-corrected chi connectivity index (χ1v) is 8.84. The number of hydrogen-bond donors (Lipinski definition) is 1. The van der Waals surface area contributed by atoms with E-state index in [0.29, 0.717) is 12.5 Å². The van der Waals surface area contributed by atoms with Crippen LogP contribution in [0.2, 0.25) is 0 Å². The number of amides is 1. The summed E-state index contributed by atoms with van der Waals surface area (Å²) in [5.74, 6) is 1.52. The van der Waals surface area contributed by atoms with Crippen LogP contribution in [0.15, 0.2) is 30.5 Å². The van der Waals surface area contributed by atoms with Crippen molar-refractivity contribution in [2.24, 2.45) is 11.8 Å². The minimum absolute atomic E-state index is 0.0545. The first kappa shape index (κ1) is 16.2. The Kier molecular flexibility index (Phi) is 4.06. The average molecular weight is 345 g/mol. The van der Waals surface area contributed by atoms with Gasteiger partial charge in [0, 0.05) is 18.4 Å². The second-order valence-electron chi connectivity index (χ2n) is 6.97. The molecule has 2 saturated carbocycles. The van der Waals surface area contributed by atoms with Gasteiger partial charge in [0.1, 0.15) is 5.69 Å². The number of benzene rings is 1. The minimum Gasteiger partial charge on any atom is -0.322 e. The lowest BCUT2D eigenvalue weighted by Gasteiger charge is -2.11. The third-order valence-corrected chi connectivity index (χ3v) is 5.24. The molecule has 2 aliphatic carbocycles. The molecule has 0 spiro atoms. The number of nitrogens with one attached hydrogen (secondary N) is 1. The van der Waals surface area contributed by atoms with Crippen LogP contribution in [0.5, 0.6) is 0 Å². The Labute approximate surface area is 145 Å². The van der Waals surface area contributed by atoms with E-state index < -0.39 is 18.0 Å². The highest BCUT2D eigenvalue weighted by Crippen LogP contribution is 2.60. The lowest BCUT2D eigenvalue weighted by atomic mass is 10.0. The van der Waals surface area contributed by atoms with Gasteiger partial charge in [-0.15, -0.1) is 0 Å². The number of hydrogen-bond acceptors (Lipinski definition) is 2. The summed E-state index contributed by atoms with van der Waals surface area (Å²) in [7, 11) is 0. The number of para-hydroxylation sites is 1. The smallest absolute Gasteiger partial charge is 0.282 e. The van der Waals surface area contributed by atoms with E-state index in [1.807, 2.05) is 24.3 Å². The molecule has 6 heteroatoms. The number of aromatic nitrogens is 2. The van der Waals surface area contributed by atoms with Gasteiger partial charge in [0.25, 0.3) is 12.3 Å². The van der Waals surface area contributed by atoms with Gasteiger partial charge in [0.05, 0.1) is 5.56 Å². The number of anilines is 1. The fourth-order valence-electron chi connectivity index (χ4n) is 3.68. The maximum Gasteiger partial charge on any atom is 0.282 e. The second-order valence-corrected chi connectivity index (χ2v) is 6.97. The Hall–Kier alpha value is -2.24. The largest absolute Gasteiger partial charge is 0.322 e. The molecular formula is C19H21F2N3O. The van der Waals surface area contributed by atoms with Gasteiger partial charge in [-0.05, 0) is 55.6 Å². The van der Waals surface area contributed by atoms with E-state index >= 15 is 0 Å². The number of carbonyl (C=O) groups excluding carboxylic acids is 1. The van der Waals surface area contributed by atoms with Crippen molar-refractivity contribution in [2.75, 3.05) is 5.32 Å². The number of rotatable bonds is 6. The van der Waals surface area contributed by atoms with E-state index in [-0.39, 0.29) is 5.56 Å². The van der Waals surface area contributed by atoms with Crippen molar-refractivity contribution in [3.05, 3.63) is 47.3 Å². The summed E-state index contributed by atoms with van der Waals surface area (Å²) >= 11 is 0. The summed E-state index contributed by atoms with van der Waals surface area (Å²) in [6.45, 7) is 2.24. The second kappa shape index (κ2) is 6.24. The topological polar surface area (TPSA) is 46.9 Å². The molecule has 4 rings (SSSR count). The normalized spacial score (nSPS) is 22.2. The minimum atomic E-state index is -2.77. The Morgan fingerprint density at radius 3 is 2.80 bits per heavy atom. The zero-order chi connectivity index (χ0) is 17.6. The van der Waals surface area contributed by atoms with Crippen molar-refractivity contribution >= 4 is 11.6 Å². The van der Waals surface area contributed by atoms with Crippen LogP contribution in [0.1, 0.15) is 60.1 Å². The molecule has 2 aliphatic rings. The highest BCUT2D eigenvalue weighted by Gasteiger charge is 2.48. The van der Waals surface area contributed by atoms with Crippen LogP contribution < -0.4 is 5.32 Å². The van der Waals surface area contributed by atoms with Crippen LogP contribution in [0.3, 0.4) is 0 Å². The van der Waals surface area contributed by atoms with Crippen LogP contribution in [-0.4, -0.2) is 15.7 Å². The fourth-order valence-corrected chi connectivity index (χ4v) is 3.68. The van der Waals surface area contributed by atoms with Gasteiger partial charge in [-0.2, -0.15) is 5.10 Å². The van der Waals surface area contributed by atoms with E-state index in [0.717, 1.165) is 29.5 Å². The third kappa shape index (κ3) is 3.17. The summed E-state index contributed by atoms with van der Waals surface area (Å²) in [6.07, 6.45) is 2.40. The van der Waals surface area contributed by atoms with Crippen LogP contribution in [0.4, 0.5) is 14.5 Å². The van der Waals surface area contributed by atoms with E-state index in [1.165, 1.54) is 23.7 Å². The molecule has 0 saturated heterocycles. The maximum atomic E-state index is 13.2. The Bertz CT molecular complexity index is 798. The number of alkyl halides is 2. The molecule has 1 aromatic carbocycles. The lowest BCUT2D eigenvalue weighted by Crippen LogP contribution is -2.14. The van der Waals surface area contributed by atoms with E-state index in [4.69, 9.17) is 0 Å². The lowest BCUT2D eigenvalue weighted by molar-refractivity contribution is 0.101. The SMILES string of the molecule is CCn1cc(C(=O)Nc2ccccc2[C@@H]2C[C@H]2C2CC2)c(C(F)F)n1. The number of aryl methyl sites for hydroxylation is 1. The molecule has 1 aromatic heterocycles. The van der Waals surface area contributed by atoms with Crippen molar-refractivity contribution in [3.63, 3.8) is 0 Å². The summed E-state index contributed by atoms with van der Waals surface area (Å²) in [5, 5.41) is 6.65. The first-order valence-electron chi connectivity index (χ1n) is 8.84. The molecule has 0 aliphatic heterocycles. The molecule has 1 N–H and O–H groups in total. The zero-order valence-electron chi connectivity index (χ0n) is 14.1. The zero-order valence-corrected chi connectivity index (χ0v) is 14.1. The highest BCUT2D eigenvalue weighted by molar-refractivity contribution is 6.05. The Morgan fingerprint density at radius 2 is 2.12 bits per heavy atom. The molecule has 2 fully saturated rings. The number of nitrogens with zero attached hydrogens (tertiary/aromatic N) is 2. The maximum absolute atomic E-state index is 13.2. The van der Waals surface area contributed by atoms with Crippen LogP contribution >= 0.6 is 0 Å². The van der Waals surface area contributed by atoms with Crippen molar-refractivity contribution in [1.29, 1.82) is 0 Å². The van der Waals surface area contributed by atoms with Crippen molar-refractivity contribution in [2.45, 2.75) is 45.1 Å². The predicted octanol–water partition coefficient (Wildman–Crippen LogP) is 4.61. The van der Waals surface area contributed by atoms with E-state index in [1.54, 1.807) is 6.92 Å². The number of carbonyl (C=O) groups is 1. The third-order valence-electron chi connectivity index (χ3n) is 5.24. The van der Waals surface area contributed by atoms with Crippen LogP contribution in [-0.2, 0) is 6.54 Å². The van der Waals surface area contributed by atoms with Gasteiger partial charge in [-0.1, -0.05) is 18.2 Å². The molecule has 1 amide bonds. The highest BCUT2D eigenvalue weighted by atomic mass is 19.3. The van der Waals surface area contributed by atoms with Gasteiger partial charge in [-0.3, -0.25) is 9.48 Å². The molecule has 4 nitrogen and oxygen atoms in total. The van der Waals surface area contributed by atoms with Crippen molar-refractivity contribution < 1.29 is 13.6 Å². The summed E-state index contributed by atoms with van der Waals surface area (Å²) < 4.78 is 27.7. The Balaban J connectivity index is 1.56. The molecule has 25 heavy (non-hydrogen) atoms. The molecule has 0 radical (unpaired) electrons. The molecule has 2 aromatic rings. The Morgan fingerprint density at radius 1 is 1.36 bits per heavy atom. The van der Waals surface area contributed by atoms with Gasteiger partial charge in [0.2, 0.25) is 0 Å². The molecule has 0 bridgehead atoms. The van der Waals surface area contributed by atoms with E-state index in [2.05, 4.69) is 10.4 Å². The first-order chi connectivity index (χ1) is 12.1. The fraction of sp³-hybridized carbons (Fsp3) is 0.474. The predicted molar refractivity (Wildman–Crippen MR) is 90.8 cm³/mol. The molecule has 0 unspecified atom stereocenters. The average Bonchev–Trinajstić information content (AvgIpc) is 3.50. The standard InChI is InChI=1S/C19H21F2N3O/c1-2-24-10-15(17(23-24)18(20)21)19(25)22-16-6-4-3-5-12(16)14-9-13(14)11-7-8-11/h3-6,10-11,13-14,18H,2,7-9H2,1H3,(H,22,25)/t13-,14-/m0/s1. The molecule has 2 atom stereocenters.